The van der Waals surface area contributed by atoms with E-state index in [1.54, 1.807) is 4.90 Å². The third-order valence-electron chi connectivity index (χ3n) is 4.60. The molecule has 30 heavy (non-hydrogen) atoms. The number of fused-ring (bicyclic) bond motifs is 1. The number of carbonyl (C=O) groups is 1. The van der Waals surface area contributed by atoms with E-state index >= 15 is 0 Å². The van der Waals surface area contributed by atoms with Crippen molar-refractivity contribution in [3.63, 3.8) is 0 Å². The molecule has 10 heteroatoms. The van der Waals surface area contributed by atoms with E-state index in [2.05, 4.69) is 10.3 Å². The first-order valence-electron chi connectivity index (χ1n) is 9.83. The molecule has 0 radical (unpaired) electrons. The van der Waals surface area contributed by atoms with Gasteiger partial charge >= 0.3 is 11.8 Å². The molecule has 2 heterocycles. The smallest absolute Gasteiger partial charge is 0.441 e. The number of halogens is 1. The highest BCUT2D eigenvalue weighted by molar-refractivity contribution is 5.87. The molecule has 2 N–H and O–H groups in total. The lowest BCUT2D eigenvalue weighted by molar-refractivity contribution is 0.0108. The fourth-order valence-electron chi connectivity index (χ4n) is 3.20. The van der Waals surface area contributed by atoms with E-state index in [4.69, 9.17) is 9.15 Å². The first-order valence-corrected chi connectivity index (χ1v) is 9.83. The minimum atomic E-state index is -0.802. The predicted molar refractivity (Wildman–Crippen MR) is 109 cm³/mol. The van der Waals surface area contributed by atoms with Gasteiger partial charge in [-0.05, 0) is 39.0 Å². The van der Waals surface area contributed by atoms with Crippen molar-refractivity contribution in [3.05, 3.63) is 34.6 Å². The van der Waals surface area contributed by atoms with Gasteiger partial charge in [0.25, 0.3) is 0 Å². The Labute approximate surface area is 173 Å². The largest absolute Gasteiger partial charge is 0.444 e. The summed E-state index contributed by atoms with van der Waals surface area (Å²) in [5.74, 6) is -1.12. The zero-order valence-corrected chi connectivity index (χ0v) is 17.4. The van der Waals surface area contributed by atoms with Gasteiger partial charge in [0.15, 0.2) is 0 Å². The highest BCUT2D eigenvalue weighted by Crippen LogP contribution is 2.20. The van der Waals surface area contributed by atoms with Crippen LogP contribution < -0.4 is 11.1 Å². The number of hydrogen-bond donors (Lipinski definition) is 2. The average molecular weight is 422 g/mol. The van der Waals surface area contributed by atoms with Crippen LogP contribution in [0.25, 0.3) is 11.0 Å². The molecule has 1 saturated heterocycles. The lowest BCUT2D eigenvalue weighted by atomic mass is 10.2. The number of anilines is 1. The molecule has 0 spiro atoms. The quantitative estimate of drug-likeness (QED) is 0.749. The third-order valence-corrected chi connectivity index (χ3v) is 4.60. The van der Waals surface area contributed by atoms with Crippen molar-refractivity contribution in [2.24, 2.45) is 0 Å². The molecule has 0 bridgehead atoms. The molecule has 1 amide bonds. The fraction of sp³-hybridized carbons (Fsp3) is 0.550. The van der Waals surface area contributed by atoms with Crippen LogP contribution in [0.2, 0.25) is 0 Å². The van der Waals surface area contributed by atoms with Gasteiger partial charge in [-0.25, -0.2) is 14.0 Å². The molecule has 164 valence electrons. The number of hydrogen-bond acceptors (Lipinski definition) is 8. The summed E-state index contributed by atoms with van der Waals surface area (Å²) in [6, 6.07) is 3.77. The van der Waals surface area contributed by atoms with E-state index in [0.29, 0.717) is 38.1 Å². The van der Waals surface area contributed by atoms with Gasteiger partial charge < -0.3 is 24.5 Å². The minimum absolute atomic E-state index is 0.119. The molecule has 3 rings (SSSR count). The van der Waals surface area contributed by atoms with E-state index in [9.17, 15) is 19.1 Å². The monoisotopic (exact) mass is 422 g/mol. The molecule has 9 nitrogen and oxygen atoms in total. The lowest BCUT2D eigenvalue weighted by Gasteiger charge is -2.36. The molecule has 2 aromatic rings. The zero-order valence-electron chi connectivity index (χ0n) is 17.4. The van der Waals surface area contributed by atoms with E-state index < -0.39 is 23.3 Å². The van der Waals surface area contributed by atoms with Crippen LogP contribution in [0.15, 0.2) is 27.4 Å². The number of piperazine rings is 1. The Kier molecular flexibility index (Phi) is 6.57. The van der Waals surface area contributed by atoms with Crippen LogP contribution in [0.5, 0.6) is 0 Å². The standard InChI is InChI=1S/C20H27FN4O5/c1-20(2,3)30-19(28)25-8-6-24(7-9-25)12-14(26)11-22-17-15-10-13(21)4-5-16(15)29-18(27)23-17/h4-5,10,14,26H,6-9,11-12H2,1-3H3,(H,22,23,27). The van der Waals surface area contributed by atoms with E-state index in [0.717, 1.165) is 0 Å². The second-order valence-corrected chi connectivity index (χ2v) is 8.27. The second-order valence-electron chi connectivity index (χ2n) is 8.27. The number of aliphatic hydroxyl groups is 1. The molecule has 1 fully saturated rings. The highest BCUT2D eigenvalue weighted by atomic mass is 19.1. The van der Waals surface area contributed by atoms with Crippen LogP contribution in [0.3, 0.4) is 0 Å². The normalized spacial score (nSPS) is 16.5. The summed E-state index contributed by atoms with van der Waals surface area (Å²) < 4.78 is 23.9. The van der Waals surface area contributed by atoms with Crippen molar-refractivity contribution in [1.82, 2.24) is 14.8 Å². The fourth-order valence-corrected chi connectivity index (χ4v) is 3.20. The number of rotatable bonds is 5. The number of aliphatic hydroxyl groups excluding tert-OH is 1. The predicted octanol–water partition coefficient (Wildman–Crippen LogP) is 1.65. The van der Waals surface area contributed by atoms with Gasteiger partial charge in [0.1, 0.15) is 22.8 Å². The number of aromatic nitrogens is 1. The summed E-state index contributed by atoms with van der Waals surface area (Å²) in [4.78, 5) is 31.1. The molecule has 0 saturated carbocycles. The summed E-state index contributed by atoms with van der Waals surface area (Å²) in [6.45, 7) is 8.22. The van der Waals surface area contributed by atoms with Gasteiger partial charge in [-0.1, -0.05) is 0 Å². The Hall–Kier alpha value is -2.72. The SMILES string of the molecule is CC(C)(C)OC(=O)N1CCN(CC(O)CNc2nc(=O)oc3ccc(F)cc23)CC1. The van der Waals surface area contributed by atoms with Crippen LogP contribution >= 0.6 is 0 Å². The van der Waals surface area contributed by atoms with Gasteiger partial charge in [0.2, 0.25) is 0 Å². The van der Waals surface area contributed by atoms with Gasteiger partial charge in [0, 0.05) is 39.3 Å². The number of nitrogens with one attached hydrogen (secondary N) is 1. The number of nitrogens with zero attached hydrogens (tertiary/aromatic N) is 3. The van der Waals surface area contributed by atoms with Crippen molar-refractivity contribution in [1.29, 1.82) is 0 Å². The van der Waals surface area contributed by atoms with E-state index in [-0.39, 0.29) is 24.0 Å². The van der Waals surface area contributed by atoms with Gasteiger partial charge in [0.05, 0.1) is 11.5 Å². The van der Waals surface area contributed by atoms with Crippen molar-refractivity contribution < 1.29 is 23.4 Å². The topological polar surface area (TPSA) is 108 Å². The Morgan fingerprint density at radius 1 is 1.33 bits per heavy atom. The minimum Gasteiger partial charge on any atom is -0.444 e. The van der Waals surface area contributed by atoms with Crippen molar-refractivity contribution in [3.8, 4) is 0 Å². The van der Waals surface area contributed by atoms with Crippen LogP contribution in [-0.2, 0) is 4.74 Å². The molecule has 1 atom stereocenters. The average Bonchev–Trinajstić information content (AvgIpc) is 2.65. The Balaban J connectivity index is 1.51. The number of ether oxygens (including phenoxy) is 1. The maximum absolute atomic E-state index is 13.5. The molecule has 0 aliphatic carbocycles. The van der Waals surface area contributed by atoms with E-state index in [1.165, 1.54) is 18.2 Å². The summed E-state index contributed by atoms with van der Waals surface area (Å²) in [6.07, 6.45) is -1.09. The second kappa shape index (κ2) is 8.97. The lowest BCUT2D eigenvalue weighted by Crippen LogP contribution is -2.52. The van der Waals surface area contributed by atoms with Crippen molar-refractivity contribution in [2.45, 2.75) is 32.5 Å². The van der Waals surface area contributed by atoms with Crippen LogP contribution in [0, 0.1) is 5.82 Å². The first-order chi connectivity index (χ1) is 14.1. The van der Waals surface area contributed by atoms with Crippen LogP contribution in [0.1, 0.15) is 20.8 Å². The Morgan fingerprint density at radius 2 is 2.03 bits per heavy atom. The Morgan fingerprint density at radius 3 is 2.70 bits per heavy atom. The molecular weight excluding hydrogens is 395 g/mol. The van der Waals surface area contributed by atoms with Crippen LogP contribution in [-0.4, -0.2) is 77.0 Å². The summed E-state index contributed by atoms with van der Waals surface area (Å²) >= 11 is 0. The number of benzene rings is 1. The molecule has 1 aliphatic heterocycles. The Bertz CT molecular complexity index is 950. The molecule has 1 aromatic carbocycles. The molecule has 1 unspecified atom stereocenters. The number of β-amino-alcohol motifs (C(OH)–C–C–N with tert-alkyl or cyclic N) is 1. The van der Waals surface area contributed by atoms with E-state index in [1.807, 2.05) is 25.7 Å². The van der Waals surface area contributed by atoms with Gasteiger partial charge in [-0.15, -0.1) is 0 Å². The summed E-state index contributed by atoms with van der Waals surface area (Å²) in [5, 5.41) is 13.6. The van der Waals surface area contributed by atoms with Crippen LogP contribution in [0.4, 0.5) is 15.0 Å². The molecule has 1 aromatic heterocycles. The maximum atomic E-state index is 13.5. The summed E-state index contributed by atoms with van der Waals surface area (Å²) in [5.41, 5.74) is -0.321. The van der Waals surface area contributed by atoms with Gasteiger partial charge in [-0.2, -0.15) is 4.98 Å². The van der Waals surface area contributed by atoms with Crippen molar-refractivity contribution >= 4 is 22.9 Å². The van der Waals surface area contributed by atoms with Gasteiger partial charge in [-0.3, -0.25) is 4.90 Å². The van der Waals surface area contributed by atoms with Crippen molar-refractivity contribution in [2.75, 3.05) is 44.6 Å². The molecule has 1 aliphatic rings. The zero-order chi connectivity index (χ0) is 21.9. The number of carbonyl (C=O) groups excluding carboxylic acids is 1. The maximum Gasteiger partial charge on any atom is 0.441 e. The first kappa shape index (κ1) is 22.0. The highest BCUT2D eigenvalue weighted by Gasteiger charge is 2.26. The number of amides is 1. The third kappa shape index (κ3) is 5.90. The summed E-state index contributed by atoms with van der Waals surface area (Å²) in [7, 11) is 0. The molecular formula is C20H27FN4O5.